The Morgan fingerprint density at radius 2 is 2.33 bits per heavy atom. The van der Waals surface area contributed by atoms with Crippen molar-refractivity contribution in [1.29, 1.82) is 0 Å². The standard InChI is InChI=1S/C10H18N2O3/c1-3-11-6-9-10(15-8-12-9)7-14-5-4-13-2/h8,11H,3-7H2,1-2H3. The minimum atomic E-state index is 0.448. The van der Waals surface area contributed by atoms with Gasteiger partial charge in [-0.3, -0.25) is 0 Å². The molecule has 0 atom stereocenters. The van der Waals surface area contributed by atoms with Crippen LogP contribution in [0.15, 0.2) is 10.8 Å². The number of methoxy groups -OCH3 is 1. The zero-order valence-corrected chi connectivity index (χ0v) is 9.28. The fourth-order valence-electron chi connectivity index (χ4n) is 1.11. The first kappa shape index (κ1) is 12.2. The van der Waals surface area contributed by atoms with Gasteiger partial charge in [-0.25, -0.2) is 4.98 Å². The third kappa shape index (κ3) is 4.42. The topological polar surface area (TPSA) is 56.5 Å². The van der Waals surface area contributed by atoms with Crippen LogP contribution < -0.4 is 5.32 Å². The molecule has 0 saturated heterocycles. The van der Waals surface area contributed by atoms with E-state index in [1.54, 1.807) is 7.11 Å². The summed E-state index contributed by atoms with van der Waals surface area (Å²) < 4.78 is 15.5. The van der Waals surface area contributed by atoms with E-state index in [2.05, 4.69) is 17.2 Å². The van der Waals surface area contributed by atoms with Crippen molar-refractivity contribution < 1.29 is 13.9 Å². The Bertz CT molecular complexity index is 263. The summed E-state index contributed by atoms with van der Waals surface area (Å²) in [6.45, 7) is 5.29. The van der Waals surface area contributed by atoms with Crippen LogP contribution >= 0.6 is 0 Å². The second-order valence-corrected chi connectivity index (χ2v) is 3.05. The molecule has 15 heavy (non-hydrogen) atoms. The van der Waals surface area contributed by atoms with Gasteiger partial charge in [0.1, 0.15) is 6.61 Å². The lowest BCUT2D eigenvalue weighted by Crippen LogP contribution is -2.13. The van der Waals surface area contributed by atoms with Crippen LogP contribution in [0.4, 0.5) is 0 Å². The molecule has 0 aliphatic carbocycles. The fraction of sp³-hybridized carbons (Fsp3) is 0.700. The van der Waals surface area contributed by atoms with E-state index in [0.717, 1.165) is 24.5 Å². The van der Waals surface area contributed by atoms with Crippen LogP contribution in [-0.2, 0) is 22.6 Å². The average Bonchev–Trinajstić information content (AvgIpc) is 2.69. The molecule has 0 saturated carbocycles. The van der Waals surface area contributed by atoms with Crippen molar-refractivity contribution >= 4 is 0 Å². The van der Waals surface area contributed by atoms with E-state index in [1.807, 2.05) is 0 Å². The summed E-state index contributed by atoms with van der Waals surface area (Å²) in [4.78, 5) is 4.11. The van der Waals surface area contributed by atoms with Crippen molar-refractivity contribution in [2.24, 2.45) is 0 Å². The van der Waals surface area contributed by atoms with Crippen molar-refractivity contribution in [2.45, 2.75) is 20.1 Å². The largest absolute Gasteiger partial charge is 0.446 e. The predicted octanol–water partition coefficient (Wildman–Crippen LogP) is 0.947. The molecule has 1 heterocycles. The number of hydrogen-bond donors (Lipinski definition) is 1. The highest BCUT2D eigenvalue weighted by molar-refractivity contribution is 5.05. The van der Waals surface area contributed by atoms with Gasteiger partial charge in [0, 0.05) is 13.7 Å². The summed E-state index contributed by atoms with van der Waals surface area (Å²) >= 11 is 0. The Kier molecular flexibility index (Phi) is 5.99. The molecule has 0 aliphatic heterocycles. The number of oxazole rings is 1. The third-order valence-corrected chi connectivity index (χ3v) is 1.93. The number of nitrogens with one attached hydrogen (secondary N) is 1. The second-order valence-electron chi connectivity index (χ2n) is 3.05. The maximum Gasteiger partial charge on any atom is 0.181 e. The summed E-state index contributed by atoms with van der Waals surface area (Å²) in [5.41, 5.74) is 0.911. The molecule has 0 fully saturated rings. The summed E-state index contributed by atoms with van der Waals surface area (Å²) in [6, 6.07) is 0. The van der Waals surface area contributed by atoms with Gasteiger partial charge >= 0.3 is 0 Å². The monoisotopic (exact) mass is 214 g/mol. The fourth-order valence-corrected chi connectivity index (χ4v) is 1.11. The summed E-state index contributed by atoms with van der Waals surface area (Å²) in [7, 11) is 1.65. The Morgan fingerprint density at radius 1 is 1.47 bits per heavy atom. The van der Waals surface area contributed by atoms with Crippen LogP contribution in [-0.4, -0.2) is 31.9 Å². The lowest BCUT2D eigenvalue weighted by molar-refractivity contribution is 0.0533. The summed E-state index contributed by atoms with van der Waals surface area (Å²) in [6.07, 6.45) is 1.45. The van der Waals surface area contributed by atoms with E-state index in [-0.39, 0.29) is 0 Å². The molecule has 1 N–H and O–H groups in total. The van der Waals surface area contributed by atoms with Gasteiger partial charge in [-0.1, -0.05) is 6.92 Å². The summed E-state index contributed by atoms with van der Waals surface area (Å²) in [5.74, 6) is 0.784. The van der Waals surface area contributed by atoms with Crippen LogP contribution in [0.3, 0.4) is 0 Å². The smallest absolute Gasteiger partial charge is 0.181 e. The minimum Gasteiger partial charge on any atom is -0.446 e. The molecule has 5 nitrogen and oxygen atoms in total. The van der Waals surface area contributed by atoms with Gasteiger partial charge in [-0.05, 0) is 6.54 Å². The number of rotatable bonds is 8. The van der Waals surface area contributed by atoms with Gasteiger partial charge in [0.15, 0.2) is 12.2 Å². The summed E-state index contributed by atoms with van der Waals surface area (Å²) in [5, 5.41) is 3.19. The molecule has 5 heteroatoms. The molecule has 1 aromatic rings. The first-order chi connectivity index (χ1) is 7.38. The highest BCUT2D eigenvalue weighted by atomic mass is 16.5. The third-order valence-electron chi connectivity index (χ3n) is 1.93. The zero-order chi connectivity index (χ0) is 10.9. The molecule has 0 unspecified atom stereocenters. The van der Waals surface area contributed by atoms with Gasteiger partial charge in [0.05, 0.1) is 18.9 Å². The van der Waals surface area contributed by atoms with Gasteiger partial charge < -0.3 is 19.2 Å². The first-order valence-corrected chi connectivity index (χ1v) is 5.07. The molecule has 1 aromatic heterocycles. The van der Waals surface area contributed by atoms with Crippen LogP contribution in [0.2, 0.25) is 0 Å². The van der Waals surface area contributed by atoms with E-state index in [0.29, 0.717) is 19.8 Å². The van der Waals surface area contributed by atoms with Crippen molar-refractivity contribution in [2.75, 3.05) is 26.9 Å². The zero-order valence-electron chi connectivity index (χ0n) is 9.28. The number of aromatic nitrogens is 1. The maximum atomic E-state index is 5.35. The van der Waals surface area contributed by atoms with Gasteiger partial charge in [0.25, 0.3) is 0 Å². The van der Waals surface area contributed by atoms with Crippen molar-refractivity contribution in [1.82, 2.24) is 10.3 Å². The van der Waals surface area contributed by atoms with Crippen molar-refractivity contribution in [3.63, 3.8) is 0 Å². The van der Waals surface area contributed by atoms with E-state index in [4.69, 9.17) is 13.9 Å². The molecular formula is C10H18N2O3. The molecule has 86 valence electrons. The number of ether oxygens (including phenoxy) is 2. The molecule has 0 aliphatic rings. The average molecular weight is 214 g/mol. The van der Waals surface area contributed by atoms with Crippen molar-refractivity contribution in [3.05, 3.63) is 17.8 Å². The highest BCUT2D eigenvalue weighted by Crippen LogP contribution is 2.07. The van der Waals surface area contributed by atoms with E-state index in [1.165, 1.54) is 6.39 Å². The van der Waals surface area contributed by atoms with Gasteiger partial charge in [-0.2, -0.15) is 0 Å². The Labute approximate surface area is 89.8 Å². The molecule has 0 amide bonds. The maximum absolute atomic E-state index is 5.35. The first-order valence-electron chi connectivity index (χ1n) is 5.07. The molecule has 1 rings (SSSR count). The predicted molar refractivity (Wildman–Crippen MR) is 55.4 cm³/mol. The Balaban J connectivity index is 2.29. The highest BCUT2D eigenvalue weighted by Gasteiger charge is 2.07. The minimum absolute atomic E-state index is 0.448. The Morgan fingerprint density at radius 3 is 3.07 bits per heavy atom. The molecule has 0 radical (unpaired) electrons. The second kappa shape index (κ2) is 7.39. The van der Waals surface area contributed by atoms with E-state index in [9.17, 15) is 0 Å². The molecule has 0 bridgehead atoms. The number of nitrogens with zero attached hydrogens (tertiary/aromatic N) is 1. The molecule has 0 aromatic carbocycles. The molecular weight excluding hydrogens is 196 g/mol. The lowest BCUT2D eigenvalue weighted by atomic mass is 10.3. The van der Waals surface area contributed by atoms with E-state index >= 15 is 0 Å². The lowest BCUT2D eigenvalue weighted by Gasteiger charge is -2.03. The van der Waals surface area contributed by atoms with Crippen LogP contribution in [0.1, 0.15) is 18.4 Å². The quantitative estimate of drug-likeness (QED) is 0.653. The normalized spacial score (nSPS) is 10.8. The van der Waals surface area contributed by atoms with Crippen LogP contribution in [0, 0.1) is 0 Å². The molecule has 0 spiro atoms. The van der Waals surface area contributed by atoms with Crippen LogP contribution in [0.25, 0.3) is 0 Å². The number of hydrogen-bond acceptors (Lipinski definition) is 5. The van der Waals surface area contributed by atoms with Gasteiger partial charge in [-0.15, -0.1) is 0 Å². The Hall–Kier alpha value is -0.910. The van der Waals surface area contributed by atoms with Gasteiger partial charge in [0.2, 0.25) is 0 Å². The van der Waals surface area contributed by atoms with E-state index < -0.39 is 0 Å². The van der Waals surface area contributed by atoms with Crippen molar-refractivity contribution in [3.8, 4) is 0 Å². The van der Waals surface area contributed by atoms with Crippen LogP contribution in [0.5, 0.6) is 0 Å². The SMILES string of the molecule is CCNCc1ncoc1COCCOC.